The van der Waals surface area contributed by atoms with Crippen molar-refractivity contribution in [2.75, 3.05) is 17.4 Å². The van der Waals surface area contributed by atoms with Gasteiger partial charge >= 0.3 is 0 Å². The highest BCUT2D eigenvalue weighted by atomic mass is 16.7. The zero-order valence-corrected chi connectivity index (χ0v) is 15.1. The number of aromatic nitrogens is 1. The normalized spacial score (nSPS) is 11.8. The van der Waals surface area contributed by atoms with Gasteiger partial charge in [-0.1, -0.05) is 12.1 Å². The van der Waals surface area contributed by atoms with Crippen LogP contribution in [0.3, 0.4) is 0 Å². The van der Waals surface area contributed by atoms with E-state index in [0.29, 0.717) is 28.4 Å². The van der Waals surface area contributed by atoms with E-state index in [0.717, 1.165) is 5.69 Å². The molecule has 1 aromatic heterocycles. The number of rotatable bonds is 5. The van der Waals surface area contributed by atoms with Crippen molar-refractivity contribution in [3.63, 3.8) is 0 Å². The summed E-state index contributed by atoms with van der Waals surface area (Å²) in [6.07, 6.45) is 1.56. The number of carbonyl (C=O) groups is 2. The van der Waals surface area contributed by atoms with Gasteiger partial charge in [0.05, 0.1) is 11.9 Å². The van der Waals surface area contributed by atoms with E-state index in [4.69, 9.17) is 9.47 Å². The number of fused-ring (bicyclic) bond motifs is 1. The molecule has 0 saturated heterocycles. The lowest BCUT2D eigenvalue weighted by atomic mass is 10.1. The van der Waals surface area contributed by atoms with Gasteiger partial charge in [-0.15, -0.1) is 0 Å². The number of nitrogens with zero attached hydrogens (tertiary/aromatic N) is 1. The van der Waals surface area contributed by atoms with Crippen molar-refractivity contribution >= 4 is 28.8 Å². The summed E-state index contributed by atoms with van der Waals surface area (Å²) in [4.78, 5) is 28.1. The molecule has 28 heavy (non-hydrogen) atoms. The number of hydrogen-bond donors (Lipinski definition) is 2. The molecular formula is C21H17N3O4. The first-order valence-electron chi connectivity index (χ1n) is 8.63. The number of amides is 1. The maximum atomic E-state index is 12.4. The average Bonchev–Trinajstić information content (AvgIpc) is 3.16. The summed E-state index contributed by atoms with van der Waals surface area (Å²) in [5.74, 6) is 0.916. The van der Waals surface area contributed by atoms with Crippen LogP contribution in [-0.4, -0.2) is 23.5 Å². The SMILES string of the molecule is CC(=O)c1cccc(Nc2ccc(C(=O)Nc3ccc4c(c3)OCO4)nc2)c1. The minimum absolute atomic E-state index is 0.00249. The second-order valence-corrected chi connectivity index (χ2v) is 6.22. The predicted octanol–water partition coefficient (Wildman–Crippen LogP) is 4.01. The first kappa shape index (κ1) is 17.5. The van der Waals surface area contributed by atoms with Crippen LogP contribution in [-0.2, 0) is 0 Å². The Morgan fingerprint density at radius 2 is 1.75 bits per heavy atom. The third-order valence-corrected chi connectivity index (χ3v) is 4.18. The molecule has 2 N–H and O–H groups in total. The Kier molecular flexibility index (Phi) is 4.63. The summed E-state index contributed by atoms with van der Waals surface area (Å²) in [7, 11) is 0. The summed E-state index contributed by atoms with van der Waals surface area (Å²) in [5, 5.41) is 5.95. The fourth-order valence-corrected chi connectivity index (χ4v) is 2.75. The highest BCUT2D eigenvalue weighted by Gasteiger charge is 2.15. The quantitative estimate of drug-likeness (QED) is 0.655. The molecule has 1 aliphatic rings. The van der Waals surface area contributed by atoms with Crippen molar-refractivity contribution < 1.29 is 19.1 Å². The van der Waals surface area contributed by atoms with Gasteiger partial charge in [0.15, 0.2) is 17.3 Å². The number of ether oxygens (including phenoxy) is 2. The van der Waals surface area contributed by atoms with Crippen LogP contribution in [0.25, 0.3) is 0 Å². The van der Waals surface area contributed by atoms with Crippen molar-refractivity contribution in [1.29, 1.82) is 0 Å². The molecule has 1 amide bonds. The number of Topliss-reactive ketones (excluding diaryl/α,β-unsaturated/α-hetero) is 1. The number of hydrogen-bond acceptors (Lipinski definition) is 6. The molecule has 0 aliphatic carbocycles. The van der Waals surface area contributed by atoms with Crippen molar-refractivity contribution in [2.24, 2.45) is 0 Å². The number of pyridine rings is 1. The van der Waals surface area contributed by atoms with Gasteiger partial charge in [0, 0.05) is 23.0 Å². The maximum Gasteiger partial charge on any atom is 0.274 e. The third kappa shape index (κ3) is 3.78. The minimum atomic E-state index is -0.330. The van der Waals surface area contributed by atoms with Gasteiger partial charge in [-0.25, -0.2) is 4.98 Å². The molecule has 7 heteroatoms. The molecule has 7 nitrogen and oxygen atoms in total. The summed E-state index contributed by atoms with van der Waals surface area (Å²) in [6, 6.07) is 15.8. The first-order valence-corrected chi connectivity index (χ1v) is 8.63. The summed E-state index contributed by atoms with van der Waals surface area (Å²) in [5.41, 5.74) is 2.98. The molecular weight excluding hydrogens is 358 g/mol. The van der Waals surface area contributed by atoms with Crippen molar-refractivity contribution in [2.45, 2.75) is 6.92 Å². The van der Waals surface area contributed by atoms with Crippen LogP contribution in [0.2, 0.25) is 0 Å². The third-order valence-electron chi connectivity index (χ3n) is 4.18. The Morgan fingerprint density at radius 3 is 2.54 bits per heavy atom. The molecule has 1 aliphatic heterocycles. The Labute approximate surface area is 161 Å². The van der Waals surface area contributed by atoms with E-state index in [1.807, 2.05) is 6.07 Å². The molecule has 0 atom stereocenters. The van der Waals surface area contributed by atoms with E-state index in [2.05, 4.69) is 15.6 Å². The van der Waals surface area contributed by atoms with Gasteiger partial charge in [-0.3, -0.25) is 9.59 Å². The number of benzene rings is 2. The molecule has 0 radical (unpaired) electrons. The molecule has 0 bridgehead atoms. The number of anilines is 3. The number of ketones is 1. The van der Waals surface area contributed by atoms with Gasteiger partial charge in [-0.05, 0) is 43.3 Å². The Hall–Kier alpha value is -3.87. The first-order chi connectivity index (χ1) is 13.6. The summed E-state index contributed by atoms with van der Waals surface area (Å²) < 4.78 is 10.6. The van der Waals surface area contributed by atoms with Gasteiger partial charge in [-0.2, -0.15) is 0 Å². The van der Waals surface area contributed by atoms with Crippen molar-refractivity contribution in [1.82, 2.24) is 4.98 Å². The molecule has 0 spiro atoms. The highest BCUT2D eigenvalue weighted by Crippen LogP contribution is 2.34. The van der Waals surface area contributed by atoms with Crippen LogP contribution in [0.5, 0.6) is 11.5 Å². The van der Waals surface area contributed by atoms with Crippen LogP contribution >= 0.6 is 0 Å². The zero-order valence-electron chi connectivity index (χ0n) is 15.1. The molecule has 2 heterocycles. The van der Waals surface area contributed by atoms with Crippen molar-refractivity contribution in [3.05, 3.63) is 72.1 Å². The highest BCUT2D eigenvalue weighted by molar-refractivity contribution is 6.03. The predicted molar refractivity (Wildman–Crippen MR) is 104 cm³/mol. The van der Waals surface area contributed by atoms with Crippen LogP contribution < -0.4 is 20.1 Å². The monoisotopic (exact) mass is 375 g/mol. The second-order valence-electron chi connectivity index (χ2n) is 6.22. The lowest BCUT2D eigenvalue weighted by Gasteiger charge is -2.09. The average molecular weight is 375 g/mol. The van der Waals surface area contributed by atoms with Gasteiger partial charge in [0.1, 0.15) is 5.69 Å². The summed E-state index contributed by atoms with van der Waals surface area (Å²) >= 11 is 0. The standard InChI is InChI=1S/C21H17N3O4/c1-13(25)14-3-2-4-15(9-14)23-17-5-7-18(22-11-17)21(26)24-16-6-8-19-20(10-16)28-12-27-19/h2-11,23H,12H2,1H3,(H,24,26). The largest absolute Gasteiger partial charge is 0.454 e. The summed E-state index contributed by atoms with van der Waals surface area (Å²) in [6.45, 7) is 1.70. The second kappa shape index (κ2) is 7.40. The molecule has 0 unspecified atom stereocenters. The Bertz CT molecular complexity index is 1050. The lowest BCUT2D eigenvalue weighted by molar-refractivity contribution is 0.101. The van der Waals surface area contributed by atoms with Crippen LogP contribution in [0.4, 0.5) is 17.1 Å². The van der Waals surface area contributed by atoms with Crippen molar-refractivity contribution in [3.8, 4) is 11.5 Å². The lowest BCUT2D eigenvalue weighted by Crippen LogP contribution is -2.13. The molecule has 2 aromatic carbocycles. The Balaban J connectivity index is 1.43. The molecule has 4 rings (SSSR count). The van der Waals surface area contributed by atoms with E-state index in [-0.39, 0.29) is 24.2 Å². The van der Waals surface area contributed by atoms with E-state index in [1.165, 1.54) is 6.92 Å². The fraction of sp³-hybridized carbons (Fsp3) is 0.0952. The topological polar surface area (TPSA) is 89.6 Å². The van der Waals surface area contributed by atoms with Gasteiger partial charge in [0.25, 0.3) is 5.91 Å². The van der Waals surface area contributed by atoms with Crippen LogP contribution in [0.1, 0.15) is 27.8 Å². The minimum Gasteiger partial charge on any atom is -0.454 e. The maximum absolute atomic E-state index is 12.4. The smallest absolute Gasteiger partial charge is 0.274 e. The number of nitrogens with one attached hydrogen (secondary N) is 2. The van der Waals surface area contributed by atoms with Crippen LogP contribution in [0, 0.1) is 0 Å². The number of carbonyl (C=O) groups excluding carboxylic acids is 2. The molecule has 3 aromatic rings. The molecule has 140 valence electrons. The molecule has 0 fully saturated rings. The van der Waals surface area contributed by atoms with Gasteiger partial charge < -0.3 is 20.1 Å². The molecule has 0 saturated carbocycles. The van der Waals surface area contributed by atoms with Gasteiger partial charge in [0.2, 0.25) is 6.79 Å². The van der Waals surface area contributed by atoms with E-state index in [1.54, 1.807) is 54.7 Å². The Morgan fingerprint density at radius 1 is 0.929 bits per heavy atom. The fourth-order valence-electron chi connectivity index (χ4n) is 2.75. The zero-order chi connectivity index (χ0) is 19.5. The van der Waals surface area contributed by atoms with E-state index < -0.39 is 0 Å². The van der Waals surface area contributed by atoms with E-state index in [9.17, 15) is 9.59 Å². The van der Waals surface area contributed by atoms with Crippen LogP contribution in [0.15, 0.2) is 60.8 Å². The van der Waals surface area contributed by atoms with E-state index >= 15 is 0 Å².